The highest BCUT2D eigenvalue weighted by molar-refractivity contribution is 5.98. The fourth-order valence-corrected chi connectivity index (χ4v) is 5.78. The summed E-state index contributed by atoms with van der Waals surface area (Å²) >= 11 is 0. The van der Waals surface area contributed by atoms with Crippen molar-refractivity contribution >= 4 is 29.2 Å². The van der Waals surface area contributed by atoms with Crippen LogP contribution in [0.25, 0.3) is 5.78 Å². The van der Waals surface area contributed by atoms with Gasteiger partial charge in [-0.3, -0.25) is 19.2 Å². The van der Waals surface area contributed by atoms with Crippen LogP contribution >= 0.6 is 0 Å². The van der Waals surface area contributed by atoms with Gasteiger partial charge in [-0.1, -0.05) is 30.3 Å². The number of ketones is 2. The summed E-state index contributed by atoms with van der Waals surface area (Å²) in [7, 11) is 0. The van der Waals surface area contributed by atoms with Gasteiger partial charge in [0.25, 0.3) is 17.6 Å². The number of benzene rings is 2. The van der Waals surface area contributed by atoms with Crippen LogP contribution in [0, 0.1) is 6.92 Å². The molecule has 202 valence electrons. The standard InChI is InChI=1S/C30H28N6O4/c1-16-22(17(2)37)7-8-24-23(16)9-10-25(24)34-29(40)27-13-26(35-30-32-15-33-36(27)30)28(39)31-14-18-3-4-19-5-6-21(38)12-20(19)11-18/h3-4,7-8,11,13,15,25H,5-6,9-10,12,14H2,1-2H3,(H,31,39)(H,34,40)/t25-/m0/s1. The van der Waals surface area contributed by atoms with Gasteiger partial charge in [0, 0.05) is 31.0 Å². The van der Waals surface area contributed by atoms with Crippen molar-refractivity contribution in [2.45, 2.75) is 58.5 Å². The number of Topliss-reactive ketones (excluding diaryl/α,β-unsaturated/α-hetero) is 2. The highest BCUT2D eigenvalue weighted by Crippen LogP contribution is 2.35. The van der Waals surface area contributed by atoms with Crippen molar-refractivity contribution < 1.29 is 19.2 Å². The molecule has 0 bridgehead atoms. The Bertz CT molecular complexity index is 1720. The van der Waals surface area contributed by atoms with Crippen LogP contribution in [0.15, 0.2) is 42.7 Å². The van der Waals surface area contributed by atoms with E-state index in [1.165, 1.54) is 22.5 Å². The summed E-state index contributed by atoms with van der Waals surface area (Å²) in [5.74, 6) is -0.476. The Labute approximate surface area is 230 Å². The lowest BCUT2D eigenvalue weighted by atomic mass is 9.89. The van der Waals surface area contributed by atoms with Crippen LogP contribution in [0.1, 0.15) is 90.5 Å². The molecule has 10 heteroatoms. The molecule has 2 amide bonds. The maximum Gasteiger partial charge on any atom is 0.270 e. The fraction of sp³-hybridized carbons (Fsp3) is 0.300. The molecule has 10 nitrogen and oxygen atoms in total. The van der Waals surface area contributed by atoms with E-state index in [-0.39, 0.29) is 41.3 Å². The van der Waals surface area contributed by atoms with Gasteiger partial charge in [-0.2, -0.15) is 14.6 Å². The number of hydrogen-bond acceptors (Lipinski definition) is 7. The number of fused-ring (bicyclic) bond motifs is 3. The molecule has 0 spiro atoms. The highest BCUT2D eigenvalue weighted by atomic mass is 16.2. The van der Waals surface area contributed by atoms with Crippen molar-refractivity contribution in [2.75, 3.05) is 0 Å². The molecule has 0 aliphatic heterocycles. The number of amides is 2. The Morgan fingerprint density at radius 2 is 1.88 bits per heavy atom. The Morgan fingerprint density at radius 3 is 2.70 bits per heavy atom. The summed E-state index contributed by atoms with van der Waals surface area (Å²) in [6.45, 7) is 3.75. The summed E-state index contributed by atoms with van der Waals surface area (Å²) in [6, 6.07) is 10.8. The second kappa shape index (κ2) is 10.1. The smallest absolute Gasteiger partial charge is 0.270 e. The molecule has 2 aromatic carbocycles. The lowest BCUT2D eigenvalue weighted by Crippen LogP contribution is -2.30. The first kappa shape index (κ1) is 25.5. The molecule has 2 aliphatic rings. The minimum Gasteiger partial charge on any atom is -0.347 e. The maximum absolute atomic E-state index is 13.5. The van der Waals surface area contributed by atoms with Crippen molar-refractivity contribution in [3.63, 3.8) is 0 Å². The normalized spacial score (nSPS) is 15.9. The number of aryl methyl sites for hydroxylation is 1. The Hall–Kier alpha value is -4.73. The minimum absolute atomic E-state index is 0.0191. The van der Waals surface area contributed by atoms with E-state index >= 15 is 0 Å². The zero-order chi connectivity index (χ0) is 28.0. The third-order valence-corrected chi connectivity index (χ3v) is 7.88. The molecule has 0 fully saturated rings. The number of aromatic nitrogens is 4. The van der Waals surface area contributed by atoms with E-state index in [4.69, 9.17) is 0 Å². The lowest BCUT2D eigenvalue weighted by Gasteiger charge is -2.17. The number of nitrogens with zero attached hydrogens (tertiary/aromatic N) is 4. The van der Waals surface area contributed by atoms with Crippen molar-refractivity contribution in [1.29, 1.82) is 0 Å². The third kappa shape index (κ3) is 4.66. The van der Waals surface area contributed by atoms with E-state index in [2.05, 4.69) is 25.7 Å². The fourth-order valence-electron chi connectivity index (χ4n) is 5.78. The van der Waals surface area contributed by atoms with Gasteiger partial charge in [0.05, 0.1) is 6.04 Å². The molecule has 2 aliphatic carbocycles. The number of carbonyl (C=O) groups excluding carboxylic acids is 4. The third-order valence-electron chi connectivity index (χ3n) is 7.88. The highest BCUT2D eigenvalue weighted by Gasteiger charge is 2.28. The lowest BCUT2D eigenvalue weighted by molar-refractivity contribution is -0.118. The molecule has 6 rings (SSSR count). The van der Waals surface area contributed by atoms with Crippen LogP contribution in [0.4, 0.5) is 0 Å². The number of hydrogen-bond donors (Lipinski definition) is 2. The van der Waals surface area contributed by atoms with E-state index in [9.17, 15) is 19.2 Å². The molecule has 0 unspecified atom stereocenters. The van der Waals surface area contributed by atoms with Gasteiger partial charge in [0.2, 0.25) is 0 Å². The predicted octanol–water partition coefficient (Wildman–Crippen LogP) is 3.04. The van der Waals surface area contributed by atoms with Gasteiger partial charge < -0.3 is 10.6 Å². The number of rotatable bonds is 6. The number of carbonyl (C=O) groups is 4. The van der Waals surface area contributed by atoms with Gasteiger partial charge in [-0.05, 0) is 66.5 Å². The average Bonchev–Trinajstić information content (AvgIpc) is 3.58. The summed E-state index contributed by atoms with van der Waals surface area (Å²) in [6.07, 6.45) is 4.49. The van der Waals surface area contributed by atoms with E-state index in [0.29, 0.717) is 24.8 Å². The summed E-state index contributed by atoms with van der Waals surface area (Å²) in [5.41, 5.74) is 6.98. The molecule has 0 saturated heterocycles. The zero-order valence-corrected chi connectivity index (χ0v) is 22.3. The van der Waals surface area contributed by atoms with E-state index in [1.54, 1.807) is 6.92 Å². The van der Waals surface area contributed by atoms with Crippen molar-refractivity contribution in [2.24, 2.45) is 0 Å². The van der Waals surface area contributed by atoms with Crippen LogP contribution in [-0.2, 0) is 30.6 Å². The molecular weight excluding hydrogens is 508 g/mol. The Kier molecular flexibility index (Phi) is 6.45. The van der Waals surface area contributed by atoms with Crippen molar-refractivity contribution in [3.05, 3.63) is 93.1 Å². The van der Waals surface area contributed by atoms with E-state index < -0.39 is 11.8 Å². The molecule has 0 radical (unpaired) electrons. The summed E-state index contributed by atoms with van der Waals surface area (Å²) in [5, 5.41) is 10.1. The first-order valence-electron chi connectivity index (χ1n) is 13.3. The van der Waals surface area contributed by atoms with Crippen LogP contribution in [0.3, 0.4) is 0 Å². The first-order chi connectivity index (χ1) is 19.3. The molecule has 0 saturated carbocycles. The van der Waals surface area contributed by atoms with Gasteiger partial charge in [0.15, 0.2) is 5.78 Å². The van der Waals surface area contributed by atoms with Crippen LogP contribution in [0.5, 0.6) is 0 Å². The second-order valence-corrected chi connectivity index (χ2v) is 10.4. The van der Waals surface area contributed by atoms with Gasteiger partial charge >= 0.3 is 0 Å². The van der Waals surface area contributed by atoms with E-state index in [0.717, 1.165) is 40.7 Å². The first-order valence-corrected chi connectivity index (χ1v) is 13.3. The molecule has 4 aromatic rings. The minimum atomic E-state index is -0.452. The molecule has 2 aromatic heterocycles. The van der Waals surface area contributed by atoms with E-state index in [1.807, 2.05) is 37.3 Å². The van der Waals surface area contributed by atoms with Crippen molar-refractivity contribution in [3.8, 4) is 0 Å². The van der Waals surface area contributed by atoms with Crippen LogP contribution in [0.2, 0.25) is 0 Å². The predicted molar refractivity (Wildman–Crippen MR) is 145 cm³/mol. The van der Waals surface area contributed by atoms with Crippen molar-refractivity contribution in [1.82, 2.24) is 30.2 Å². The number of nitrogens with one attached hydrogen (secondary N) is 2. The average molecular weight is 537 g/mol. The quantitative estimate of drug-likeness (QED) is 0.362. The second-order valence-electron chi connectivity index (χ2n) is 10.4. The molecule has 1 atom stereocenters. The Morgan fingerprint density at radius 1 is 1.02 bits per heavy atom. The van der Waals surface area contributed by atoms with Gasteiger partial charge in [0.1, 0.15) is 23.5 Å². The molecular formula is C30H28N6O4. The molecule has 40 heavy (non-hydrogen) atoms. The topological polar surface area (TPSA) is 135 Å². The Balaban J connectivity index is 1.21. The maximum atomic E-state index is 13.5. The van der Waals surface area contributed by atoms with Crippen LogP contribution < -0.4 is 10.6 Å². The van der Waals surface area contributed by atoms with Gasteiger partial charge in [-0.15, -0.1) is 0 Å². The molecule has 2 heterocycles. The van der Waals surface area contributed by atoms with Crippen LogP contribution in [-0.4, -0.2) is 43.0 Å². The monoisotopic (exact) mass is 536 g/mol. The largest absolute Gasteiger partial charge is 0.347 e. The SMILES string of the molecule is CC(=O)c1ccc2c(c1C)CC[C@@H]2NC(=O)c1cc(C(=O)NCc2ccc3c(c2)CC(=O)CC3)nc2ncnn12. The summed E-state index contributed by atoms with van der Waals surface area (Å²) < 4.78 is 1.31. The molecule has 2 N–H and O–H groups in total. The van der Waals surface area contributed by atoms with Gasteiger partial charge in [-0.25, -0.2) is 4.98 Å². The zero-order valence-electron chi connectivity index (χ0n) is 22.3. The summed E-state index contributed by atoms with van der Waals surface area (Å²) in [4.78, 5) is 58.7.